The number of hydrogen-bond donors (Lipinski definition) is 2. The van der Waals surface area contributed by atoms with Crippen LogP contribution in [0.25, 0.3) is 11.3 Å². The van der Waals surface area contributed by atoms with Gasteiger partial charge in [0.25, 0.3) is 0 Å². The lowest BCUT2D eigenvalue weighted by molar-refractivity contribution is -0.137. The van der Waals surface area contributed by atoms with Crippen molar-refractivity contribution in [2.75, 3.05) is 28.6 Å². The Kier molecular flexibility index (Phi) is 5.50. The maximum absolute atomic E-state index is 13.1. The lowest BCUT2D eigenvalue weighted by atomic mass is 10.1. The van der Waals surface area contributed by atoms with Gasteiger partial charge in [-0.05, 0) is 49.2 Å². The van der Waals surface area contributed by atoms with Gasteiger partial charge in [0.05, 0.1) is 16.9 Å². The predicted octanol–water partition coefficient (Wildman–Crippen LogP) is 5.32. The van der Waals surface area contributed by atoms with E-state index in [9.17, 15) is 18.0 Å². The molecule has 0 bridgehead atoms. The molecule has 1 aromatic carbocycles. The summed E-state index contributed by atoms with van der Waals surface area (Å²) in [6.45, 7) is 2.88. The number of nitrogens with zero attached hydrogens (tertiary/aromatic N) is 3. The number of pyridine rings is 2. The van der Waals surface area contributed by atoms with Crippen LogP contribution in [0.4, 0.5) is 35.3 Å². The number of anilines is 3. The molecule has 3 heterocycles. The molecule has 0 unspecified atom stereocenters. The second kappa shape index (κ2) is 8.25. The van der Waals surface area contributed by atoms with E-state index in [4.69, 9.17) is 0 Å². The average molecular weight is 427 g/mol. The number of halogens is 3. The van der Waals surface area contributed by atoms with E-state index < -0.39 is 17.8 Å². The zero-order valence-electron chi connectivity index (χ0n) is 16.7. The normalized spacial score (nSPS) is 13.7. The third-order valence-electron chi connectivity index (χ3n) is 4.97. The molecule has 0 spiro atoms. The molecule has 2 aromatic heterocycles. The minimum atomic E-state index is -4.45. The van der Waals surface area contributed by atoms with Crippen molar-refractivity contribution in [1.82, 2.24) is 9.97 Å². The highest BCUT2D eigenvalue weighted by Crippen LogP contribution is 2.34. The van der Waals surface area contributed by atoms with Crippen LogP contribution in [0, 0.1) is 6.92 Å². The second-order valence-electron chi connectivity index (χ2n) is 7.18. The van der Waals surface area contributed by atoms with Crippen LogP contribution in [-0.2, 0) is 6.18 Å². The van der Waals surface area contributed by atoms with Crippen LogP contribution in [0.3, 0.4) is 0 Å². The number of fused-ring (bicyclic) bond motifs is 1. The number of nitrogens with one attached hydrogen (secondary N) is 2. The number of alkyl halides is 3. The molecule has 0 fully saturated rings. The van der Waals surface area contributed by atoms with E-state index in [-0.39, 0.29) is 0 Å². The van der Waals surface area contributed by atoms with Crippen molar-refractivity contribution in [2.45, 2.75) is 19.5 Å². The van der Waals surface area contributed by atoms with Gasteiger partial charge in [0.1, 0.15) is 5.82 Å². The summed E-state index contributed by atoms with van der Waals surface area (Å²) in [5.74, 6) is 0.804. The van der Waals surface area contributed by atoms with Crippen molar-refractivity contribution in [1.29, 1.82) is 0 Å². The summed E-state index contributed by atoms with van der Waals surface area (Å²) in [7, 11) is 0. The third-order valence-corrected chi connectivity index (χ3v) is 4.97. The molecule has 1 aliphatic heterocycles. The SMILES string of the molecule is Cc1cccnc1NC(=O)N1CCCNc2ccc(-c3cccc(C(F)(F)F)c3)nc21. The molecule has 2 amide bonds. The number of hydrogen-bond acceptors (Lipinski definition) is 4. The first-order valence-electron chi connectivity index (χ1n) is 9.75. The van der Waals surface area contributed by atoms with Crippen LogP contribution >= 0.6 is 0 Å². The van der Waals surface area contributed by atoms with E-state index in [0.717, 1.165) is 17.7 Å². The highest BCUT2D eigenvalue weighted by atomic mass is 19.4. The first-order chi connectivity index (χ1) is 14.8. The van der Waals surface area contributed by atoms with Crippen molar-refractivity contribution in [3.63, 3.8) is 0 Å². The summed E-state index contributed by atoms with van der Waals surface area (Å²) < 4.78 is 39.4. The lowest BCUT2D eigenvalue weighted by Crippen LogP contribution is -2.36. The summed E-state index contributed by atoms with van der Waals surface area (Å²) in [6, 6.07) is 11.6. The Morgan fingerprint density at radius 2 is 2.00 bits per heavy atom. The van der Waals surface area contributed by atoms with Gasteiger partial charge in [-0.15, -0.1) is 0 Å². The molecular formula is C22H20F3N5O. The molecule has 0 radical (unpaired) electrons. The molecule has 6 nitrogen and oxygen atoms in total. The second-order valence-corrected chi connectivity index (χ2v) is 7.18. The van der Waals surface area contributed by atoms with Crippen LogP contribution in [0.5, 0.6) is 0 Å². The average Bonchev–Trinajstić information content (AvgIpc) is 2.97. The standard InChI is InChI=1S/C22H20F3N5O/c1-14-5-3-10-27-19(14)29-21(31)30-12-4-11-26-18-9-8-17(28-20(18)30)15-6-2-7-16(13-15)22(23,24)25/h2-3,5-10,13,26H,4,11-12H2,1H3,(H,27,29,31). The molecule has 2 N–H and O–H groups in total. The Bertz CT molecular complexity index is 1120. The number of urea groups is 1. The zero-order chi connectivity index (χ0) is 22.0. The van der Waals surface area contributed by atoms with Gasteiger partial charge in [-0.1, -0.05) is 18.2 Å². The molecule has 160 valence electrons. The fourth-order valence-electron chi connectivity index (χ4n) is 3.36. The van der Waals surface area contributed by atoms with Crippen LogP contribution in [-0.4, -0.2) is 29.1 Å². The lowest BCUT2D eigenvalue weighted by Gasteiger charge is -2.22. The van der Waals surface area contributed by atoms with Crippen molar-refractivity contribution in [3.05, 3.63) is 65.9 Å². The fraction of sp³-hybridized carbons (Fsp3) is 0.227. The predicted molar refractivity (Wildman–Crippen MR) is 113 cm³/mol. The van der Waals surface area contributed by atoms with E-state index in [2.05, 4.69) is 20.6 Å². The highest BCUT2D eigenvalue weighted by molar-refractivity contribution is 6.03. The number of carbonyl (C=O) groups excluding carboxylic acids is 1. The number of carbonyl (C=O) groups is 1. The van der Waals surface area contributed by atoms with Crippen molar-refractivity contribution in [3.8, 4) is 11.3 Å². The molecule has 4 rings (SSSR count). The first-order valence-corrected chi connectivity index (χ1v) is 9.75. The molecule has 3 aromatic rings. The van der Waals surface area contributed by atoms with Gasteiger partial charge in [0.2, 0.25) is 0 Å². The van der Waals surface area contributed by atoms with Gasteiger partial charge in [-0.2, -0.15) is 13.2 Å². The number of benzene rings is 1. The molecular weight excluding hydrogens is 407 g/mol. The van der Waals surface area contributed by atoms with E-state index in [0.29, 0.717) is 48.1 Å². The van der Waals surface area contributed by atoms with E-state index in [1.807, 2.05) is 13.0 Å². The Morgan fingerprint density at radius 3 is 2.77 bits per heavy atom. The highest BCUT2D eigenvalue weighted by Gasteiger charge is 2.31. The van der Waals surface area contributed by atoms with Gasteiger partial charge < -0.3 is 5.32 Å². The van der Waals surface area contributed by atoms with Crippen molar-refractivity contribution in [2.24, 2.45) is 0 Å². The maximum atomic E-state index is 13.1. The first kappa shape index (κ1) is 20.6. The van der Waals surface area contributed by atoms with E-state index >= 15 is 0 Å². The summed E-state index contributed by atoms with van der Waals surface area (Å²) in [5, 5.41) is 6.02. The van der Waals surface area contributed by atoms with E-state index in [1.54, 1.807) is 30.5 Å². The van der Waals surface area contributed by atoms with Crippen molar-refractivity contribution >= 4 is 23.4 Å². The number of amides is 2. The molecule has 0 aliphatic carbocycles. The maximum Gasteiger partial charge on any atom is 0.416 e. The Hall–Kier alpha value is -3.62. The van der Waals surface area contributed by atoms with Crippen LogP contribution in [0.2, 0.25) is 0 Å². The number of rotatable bonds is 2. The smallest absolute Gasteiger partial charge is 0.382 e. The van der Waals surface area contributed by atoms with Gasteiger partial charge in [-0.3, -0.25) is 10.2 Å². The van der Waals surface area contributed by atoms with Gasteiger partial charge in [-0.25, -0.2) is 14.8 Å². The van der Waals surface area contributed by atoms with Gasteiger partial charge >= 0.3 is 12.2 Å². The third kappa shape index (κ3) is 4.45. The minimum absolute atomic E-state index is 0.322. The monoisotopic (exact) mass is 427 g/mol. The summed E-state index contributed by atoms with van der Waals surface area (Å²) in [6.07, 6.45) is -2.18. The summed E-state index contributed by atoms with van der Waals surface area (Å²) in [4.78, 5) is 23.3. The molecule has 1 aliphatic rings. The Morgan fingerprint density at radius 1 is 1.16 bits per heavy atom. The molecule has 0 atom stereocenters. The number of aryl methyl sites for hydroxylation is 1. The largest absolute Gasteiger partial charge is 0.416 e. The zero-order valence-corrected chi connectivity index (χ0v) is 16.7. The number of aromatic nitrogens is 2. The van der Waals surface area contributed by atoms with Gasteiger partial charge in [0, 0.05) is 24.8 Å². The van der Waals surface area contributed by atoms with Gasteiger partial charge in [0.15, 0.2) is 5.82 Å². The fourth-order valence-corrected chi connectivity index (χ4v) is 3.36. The van der Waals surface area contributed by atoms with Crippen molar-refractivity contribution < 1.29 is 18.0 Å². The summed E-state index contributed by atoms with van der Waals surface area (Å²) in [5.41, 5.74) is 1.37. The molecule has 0 saturated carbocycles. The molecule has 0 saturated heterocycles. The Balaban J connectivity index is 1.70. The van der Waals surface area contributed by atoms with Crippen LogP contribution < -0.4 is 15.5 Å². The quantitative estimate of drug-likeness (QED) is 0.580. The van der Waals surface area contributed by atoms with E-state index in [1.165, 1.54) is 11.0 Å². The topological polar surface area (TPSA) is 70.2 Å². The minimum Gasteiger partial charge on any atom is -0.382 e. The summed E-state index contributed by atoms with van der Waals surface area (Å²) >= 11 is 0. The van der Waals surface area contributed by atoms with Crippen LogP contribution in [0.1, 0.15) is 17.5 Å². The molecule has 9 heteroatoms. The van der Waals surface area contributed by atoms with Crippen LogP contribution in [0.15, 0.2) is 54.7 Å². The Labute approximate surface area is 177 Å². The molecule has 31 heavy (non-hydrogen) atoms.